The number of rotatable bonds is 13. The summed E-state index contributed by atoms with van der Waals surface area (Å²) < 4.78 is 41.3. The van der Waals surface area contributed by atoms with Gasteiger partial charge in [-0.2, -0.15) is 0 Å². The van der Waals surface area contributed by atoms with Gasteiger partial charge in [0.15, 0.2) is 0 Å². The molecule has 7 heteroatoms. The SMILES string of the molecule is CCCCCCCCCCc1ccccc1OS(=O)(=O)[O-].CCOCC.[Na+]. The van der Waals surface area contributed by atoms with Gasteiger partial charge in [0.05, 0.1) is 0 Å². The van der Waals surface area contributed by atoms with Gasteiger partial charge in [-0.3, -0.25) is 0 Å². The first-order chi connectivity index (χ1) is 12.4. The molecule has 1 rings (SSSR count). The van der Waals surface area contributed by atoms with Crippen LogP contribution in [-0.2, 0) is 21.6 Å². The summed E-state index contributed by atoms with van der Waals surface area (Å²) in [6, 6.07) is 6.82. The van der Waals surface area contributed by atoms with Gasteiger partial charge in [-0.05, 0) is 38.3 Å². The van der Waals surface area contributed by atoms with Crippen LogP contribution in [0.1, 0.15) is 77.7 Å². The molecule has 0 N–H and O–H groups in total. The number of hydrogen-bond acceptors (Lipinski definition) is 5. The third-order valence-electron chi connectivity index (χ3n) is 3.87. The van der Waals surface area contributed by atoms with Crippen LogP contribution in [0.25, 0.3) is 0 Å². The third-order valence-corrected chi connectivity index (χ3v) is 4.26. The maximum atomic E-state index is 10.7. The molecular formula is C20H35NaO5S. The molecule has 0 aliphatic heterocycles. The predicted octanol–water partition coefficient (Wildman–Crippen LogP) is 2.26. The average Bonchev–Trinajstić information content (AvgIpc) is 2.58. The normalized spacial score (nSPS) is 10.5. The first-order valence-corrected chi connectivity index (χ1v) is 11.1. The summed E-state index contributed by atoms with van der Waals surface area (Å²) in [7, 11) is -4.70. The molecule has 0 aliphatic carbocycles. The minimum atomic E-state index is -4.70. The molecule has 0 heterocycles. The topological polar surface area (TPSA) is 75.7 Å². The molecule has 1 aromatic rings. The van der Waals surface area contributed by atoms with E-state index in [1.165, 1.54) is 44.6 Å². The first-order valence-electron chi connectivity index (χ1n) is 9.75. The Morgan fingerprint density at radius 3 is 1.85 bits per heavy atom. The van der Waals surface area contributed by atoms with Crippen molar-refractivity contribution in [2.45, 2.75) is 78.6 Å². The zero-order valence-corrected chi connectivity index (χ0v) is 20.4. The minimum absolute atomic E-state index is 0. The Morgan fingerprint density at radius 1 is 0.852 bits per heavy atom. The van der Waals surface area contributed by atoms with Gasteiger partial charge >= 0.3 is 29.6 Å². The van der Waals surface area contributed by atoms with Crippen LogP contribution in [0.4, 0.5) is 0 Å². The molecule has 0 unspecified atom stereocenters. The quantitative estimate of drug-likeness (QED) is 0.216. The molecule has 0 aromatic heterocycles. The zero-order chi connectivity index (χ0) is 19.7. The van der Waals surface area contributed by atoms with Crippen molar-refractivity contribution in [3.8, 4) is 5.75 Å². The molecule has 0 saturated carbocycles. The van der Waals surface area contributed by atoms with Crippen molar-refractivity contribution in [2.24, 2.45) is 0 Å². The van der Waals surface area contributed by atoms with Crippen LogP contribution in [0.15, 0.2) is 24.3 Å². The van der Waals surface area contributed by atoms with Gasteiger partial charge in [0.2, 0.25) is 0 Å². The number of unbranched alkanes of at least 4 members (excludes halogenated alkanes) is 7. The molecule has 27 heavy (non-hydrogen) atoms. The fourth-order valence-electron chi connectivity index (χ4n) is 2.56. The predicted molar refractivity (Wildman–Crippen MR) is 105 cm³/mol. The molecule has 0 amide bonds. The molecule has 1 aromatic carbocycles. The monoisotopic (exact) mass is 410 g/mol. The Bertz CT molecular complexity index is 547. The van der Waals surface area contributed by atoms with Crippen molar-refractivity contribution in [1.82, 2.24) is 0 Å². The second kappa shape index (κ2) is 19.2. The van der Waals surface area contributed by atoms with E-state index in [1.54, 1.807) is 6.07 Å². The van der Waals surface area contributed by atoms with E-state index >= 15 is 0 Å². The van der Waals surface area contributed by atoms with Crippen LogP contribution in [0.5, 0.6) is 5.75 Å². The molecule has 0 radical (unpaired) electrons. The van der Waals surface area contributed by atoms with E-state index in [2.05, 4.69) is 11.1 Å². The van der Waals surface area contributed by atoms with E-state index in [1.807, 2.05) is 26.0 Å². The average molecular weight is 411 g/mol. The van der Waals surface area contributed by atoms with Crippen molar-refractivity contribution >= 4 is 10.4 Å². The van der Waals surface area contributed by atoms with Crippen molar-refractivity contribution < 1.29 is 51.4 Å². The summed E-state index contributed by atoms with van der Waals surface area (Å²) in [5.74, 6) is 0.162. The van der Waals surface area contributed by atoms with E-state index < -0.39 is 10.4 Å². The van der Waals surface area contributed by atoms with Crippen molar-refractivity contribution in [3.63, 3.8) is 0 Å². The van der Waals surface area contributed by atoms with E-state index in [0.717, 1.165) is 38.0 Å². The fraction of sp³-hybridized carbons (Fsp3) is 0.700. The number of hydrogen-bond donors (Lipinski definition) is 0. The first kappa shape index (κ1) is 29.1. The smallest absolute Gasteiger partial charge is 0.716 e. The maximum absolute atomic E-state index is 10.7. The van der Waals surface area contributed by atoms with Gasteiger partial charge in [0, 0.05) is 13.2 Å². The van der Waals surface area contributed by atoms with Gasteiger partial charge in [-0.1, -0.05) is 70.1 Å². The Balaban J connectivity index is 0. The van der Waals surface area contributed by atoms with Crippen LogP contribution in [0.3, 0.4) is 0 Å². The fourth-order valence-corrected chi connectivity index (χ4v) is 2.94. The van der Waals surface area contributed by atoms with Crippen molar-refractivity contribution in [3.05, 3.63) is 29.8 Å². The van der Waals surface area contributed by atoms with Crippen LogP contribution in [0, 0.1) is 0 Å². The Hall–Kier alpha value is -0.110. The molecular weight excluding hydrogens is 375 g/mol. The molecule has 0 fully saturated rings. The second-order valence-electron chi connectivity index (χ2n) is 6.11. The van der Waals surface area contributed by atoms with Gasteiger partial charge in [0.25, 0.3) is 10.4 Å². The van der Waals surface area contributed by atoms with E-state index in [-0.39, 0.29) is 35.3 Å². The summed E-state index contributed by atoms with van der Waals surface area (Å²) in [4.78, 5) is 0. The Morgan fingerprint density at radius 2 is 1.37 bits per heavy atom. The molecule has 0 aliphatic rings. The molecule has 0 saturated heterocycles. The molecule has 5 nitrogen and oxygen atoms in total. The second-order valence-corrected chi connectivity index (χ2v) is 7.09. The zero-order valence-electron chi connectivity index (χ0n) is 17.5. The summed E-state index contributed by atoms with van der Waals surface area (Å²) >= 11 is 0. The number of para-hydroxylation sites is 1. The van der Waals surface area contributed by atoms with Crippen LogP contribution in [0.2, 0.25) is 0 Å². The number of benzene rings is 1. The minimum Gasteiger partial charge on any atom is -0.716 e. The summed E-state index contributed by atoms with van der Waals surface area (Å²) in [5.41, 5.74) is 0.780. The molecule has 0 spiro atoms. The standard InChI is InChI=1S/C16H26O4S.C4H10O.Na/c1-2-3-4-5-6-7-8-9-12-15-13-10-11-14-16(15)20-21(17,18)19;1-3-5-4-2;/h10-11,13-14H,2-9,12H2,1H3,(H,17,18,19);3-4H2,1-2H3;/q;;+1/p-1. The van der Waals surface area contributed by atoms with Crippen LogP contribution in [-0.4, -0.2) is 26.2 Å². The Kier molecular flexibility index (Phi) is 20.7. The summed E-state index contributed by atoms with van der Waals surface area (Å²) in [5, 5.41) is 0. The molecule has 0 bridgehead atoms. The van der Waals surface area contributed by atoms with E-state index in [9.17, 15) is 13.0 Å². The van der Waals surface area contributed by atoms with Crippen LogP contribution < -0.4 is 33.7 Å². The van der Waals surface area contributed by atoms with Crippen molar-refractivity contribution in [1.29, 1.82) is 0 Å². The number of ether oxygens (including phenoxy) is 1. The third kappa shape index (κ3) is 19.0. The maximum Gasteiger partial charge on any atom is 1.00 e. The molecule has 152 valence electrons. The number of aryl methyl sites for hydroxylation is 1. The largest absolute Gasteiger partial charge is 1.00 e. The Labute approximate surface area is 188 Å². The van der Waals surface area contributed by atoms with Gasteiger partial charge in [-0.15, -0.1) is 0 Å². The van der Waals surface area contributed by atoms with Gasteiger partial charge < -0.3 is 13.5 Å². The van der Waals surface area contributed by atoms with Crippen molar-refractivity contribution in [2.75, 3.05) is 13.2 Å². The van der Waals surface area contributed by atoms with E-state index in [0.29, 0.717) is 0 Å². The summed E-state index contributed by atoms with van der Waals surface area (Å²) in [6.45, 7) is 7.88. The molecule has 0 atom stereocenters. The van der Waals surface area contributed by atoms with Gasteiger partial charge in [0.1, 0.15) is 5.75 Å². The van der Waals surface area contributed by atoms with Crippen LogP contribution >= 0.6 is 0 Å². The van der Waals surface area contributed by atoms with Gasteiger partial charge in [-0.25, -0.2) is 8.42 Å². The summed E-state index contributed by atoms with van der Waals surface area (Å²) in [6.07, 6.45) is 10.5. The van der Waals surface area contributed by atoms with E-state index in [4.69, 9.17) is 4.74 Å².